The maximum absolute atomic E-state index is 11.6. The van der Waals surface area contributed by atoms with E-state index in [4.69, 9.17) is 14.4 Å². The predicted molar refractivity (Wildman–Crippen MR) is 110 cm³/mol. The Balaban J connectivity index is -0.00000312. The molecule has 0 fully saturated rings. The highest BCUT2D eigenvalue weighted by molar-refractivity contribution is 7.87. The van der Waals surface area contributed by atoms with Gasteiger partial charge in [0.05, 0.1) is 13.0 Å². The number of carbonyl (C=O) groups excluding carboxylic acids is 1. The van der Waals surface area contributed by atoms with E-state index in [1.165, 1.54) is 51.4 Å². The molecule has 1 atom stereocenters. The number of carboxylic acid groups (broad SMARTS) is 1. The standard InChI is InChI=1S/C18H34O7S.2H3N/c1-2-3-4-5-6-7-8-9-10-11-12-13-14-25-18(21)16(15-17(19)20)26(22,23)24;;/h16H,2-15H2,1H3,(H,19,20)(H,22,23,24);2*1H3. The molecule has 0 amide bonds. The lowest BCUT2D eigenvalue weighted by molar-refractivity contribution is -0.147. The zero-order valence-corrected chi connectivity index (χ0v) is 18.1. The monoisotopic (exact) mass is 428 g/mol. The summed E-state index contributed by atoms with van der Waals surface area (Å²) in [5, 5.41) is 6.54. The fourth-order valence-electron chi connectivity index (χ4n) is 2.68. The summed E-state index contributed by atoms with van der Waals surface area (Å²) in [4.78, 5) is 22.2. The Labute approximate surface area is 169 Å². The maximum Gasteiger partial charge on any atom is 0.327 e. The van der Waals surface area contributed by atoms with E-state index >= 15 is 0 Å². The Morgan fingerprint density at radius 3 is 1.57 bits per heavy atom. The molecule has 28 heavy (non-hydrogen) atoms. The Morgan fingerprint density at radius 2 is 1.21 bits per heavy atom. The van der Waals surface area contributed by atoms with Gasteiger partial charge in [0.1, 0.15) is 0 Å². The van der Waals surface area contributed by atoms with Gasteiger partial charge in [-0.3, -0.25) is 14.1 Å². The van der Waals surface area contributed by atoms with Crippen molar-refractivity contribution in [2.75, 3.05) is 6.61 Å². The molecule has 0 aliphatic rings. The highest BCUT2D eigenvalue weighted by Gasteiger charge is 2.34. The van der Waals surface area contributed by atoms with Crippen LogP contribution in [0.5, 0.6) is 0 Å². The summed E-state index contributed by atoms with van der Waals surface area (Å²) in [6, 6.07) is 0. The first-order valence-corrected chi connectivity index (χ1v) is 11.1. The summed E-state index contributed by atoms with van der Waals surface area (Å²) in [6.07, 6.45) is 12.9. The van der Waals surface area contributed by atoms with E-state index in [-0.39, 0.29) is 18.9 Å². The highest BCUT2D eigenvalue weighted by atomic mass is 32.2. The molecule has 0 spiro atoms. The van der Waals surface area contributed by atoms with Crippen molar-refractivity contribution >= 4 is 22.1 Å². The van der Waals surface area contributed by atoms with Crippen LogP contribution >= 0.6 is 0 Å². The lowest BCUT2D eigenvalue weighted by Gasteiger charge is -2.11. The van der Waals surface area contributed by atoms with Crippen molar-refractivity contribution in [3.8, 4) is 0 Å². The van der Waals surface area contributed by atoms with Crippen LogP contribution in [0.25, 0.3) is 0 Å². The number of carboxylic acids is 1. The van der Waals surface area contributed by atoms with Gasteiger partial charge in [0.15, 0.2) is 5.25 Å². The molecule has 170 valence electrons. The largest absolute Gasteiger partial charge is 0.481 e. The molecule has 0 heterocycles. The number of hydrogen-bond donors (Lipinski definition) is 4. The van der Waals surface area contributed by atoms with Crippen LogP contribution < -0.4 is 12.3 Å². The van der Waals surface area contributed by atoms with Crippen LogP contribution in [0, 0.1) is 0 Å². The van der Waals surface area contributed by atoms with Crippen LogP contribution in [0.3, 0.4) is 0 Å². The third-order valence-corrected chi connectivity index (χ3v) is 5.30. The summed E-state index contributed by atoms with van der Waals surface area (Å²) in [6.45, 7) is 2.24. The van der Waals surface area contributed by atoms with Gasteiger partial charge in [0, 0.05) is 0 Å². The average molecular weight is 429 g/mol. The van der Waals surface area contributed by atoms with E-state index in [0.29, 0.717) is 6.42 Å². The second kappa shape index (κ2) is 19.1. The lowest BCUT2D eigenvalue weighted by Crippen LogP contribution is -2.34. The van der Waals surface area contributed by atoms with Crippen molar-refractivity contribution in [3.05, 3.63) is 0 Å². The van der Waals surface area contributed by atoms with Crippen molar-refractivity contribution < 1.29 is 32.4 Å². The number of ether oxygens (including phenoxy) is 1. The SMILES string of the molecule is CCCCCCCCCCCCCCOC(=O)C(CC(=O)O)S(=O)(=O)O.N.N. The van der Waals surface area contributed by atoms with E-state index in [0.717, 1.165) is 19.3 Å². The Bertz CT molecular complexity index is 498. The highest BCUT2D eigenvalue weighted by Crippen LogP contribution is 2.12. The summed E-state index contributed by atoms with van der Waals surface area (Å²) < 4.78 is 35.8. The molecule has 0 bridgehead atoms. The lowest BCUT2D eigenvalue weighted by atomic mass is 10.1. The van der Waals surface area contributed by atoms with Gasteiger partial charge in [-0.25, -0.2) is 0 Å². The summed E-state index contributed by atoms with van der Waals surface area (Å²) in [7, 11) is -4.78. The van der Waals surface area contributed by atoms with Crippen LogP contribution in [0.4, 0.5) is 0 Å². The molecule has 0 aromatic carbocycles. The molecule has 1 unspecified atom stereocenters. The molecule has 0 saturated heterocycles. The van der Waals surface area contributed by atoms with Gasteiger partial charge in [-0.1, -0.05) is 77.6 Å². The molecule has 0 radical (unpaired) electrons. The number of hydrogen-bond acceptors (Lipinski definition) is 7. The number of rotatable bonds is 17. The third-order valence-electron chi connectivity index (χ3n) is 4.22. The fourth-order valence-corrected chi connectivity index (χ4v) is 3.34. The Kier molecular flexibility index (Phi) is 21.5. The molecule has 8 N–H and O–H groups in total. The molecular weight excluding hydrogens is 388 g/mol. The van der Waals surface area contributed by atoms with E-state index in [1.807, 2.05) is 0 Å². The molecule has 0 aliphatic heterocycles. The smallest absolute Gasteiger partial charge is 0.327 e. The minimum Gasteiger partial charge on any atom is -0.481 e. The van der Waals surface area contributed by atoms with Crippen LogP contribution in [-0.2, 0) is 24.4 Å². The van der Waals surface area contributed by atoms with Crippen molar-refractivity contribution in [2.45, 2.75) is 95.6 Å². The van der Waals surface area contributed by atoms with E-state index < -0.39 is 33.7 Å². The maximum atomic E-state index is 11.6. The van der Waals surface area contributed by atoms with Crippen LogP contribution in [0.15, 0.2) is 0 Å². The fraction of sp³-hybridized carbons (Fsp3) is 0.889. The first kappa shape index (κ1) is 31.5. The summed E-state index contributed by atoms with van der Waals surface area (Å²) >= 11 is 0. The summed E-state index contributed by atoms with van der Waals surface area (Å²) in [5.74, 6) is -2.70. The van der Waals surface area contributed by atoms with Crippen LogP contribution in [-0.4, -0.2) is 41.9 Å². The number of aliphatic carboxylic acids is 1. The minimum atomic E-state index is -4.78. The van der Waals surface area contributed by atoms with Crippen molar-refractivity contribution in [3.63, 3.8) is 0 Å². The van der Waals surface area contributed by atoms with Gasteiger partial charge < -0.3 is 22.1 Å². The van der Waals surface area contributed by atoms with E-state index in [9.17, 15) is 18.0 Å². The average Bonchev–Trinajstić information content (AvgIpc) is 2.55. The van der Waals surface area contributed by atoms with E-state index in [1.54, 1.807) is 0 Å². The molecule has 0 aliphatic carbocycles. The number of carbonyl (C=O) groups is 2. The molecule has 0 aromatic heterocycles. The normalized spacial score (nSPS) is 11.8. The second-order valence-corrected chi connectivity index (χ2v) is 8.26. The molecular formula is C18H40N2O7S. The number of unbranched alkanes of at least 4 members (excludes halogenated alkanes) is 11. The van der Waals surface area contributed by atoms with Gasteiger partial charge >= 0.3 is 11.9 Å². The van der Waals surface area contributed by atoms with Gasteiger partial charge in [0.2, 0.25) is 0 Å². The molecule has 10 heteroatoms. The zero-order valence-electron chi connectivity index (χ0n) is 17.2. The number of esters is 1. The van der Waals surface area contributed by atoms with Crippen molar-refractivity contribution in [1.29, 1.82) is 0 Å². The Hall–Kier alpha value is -1.23. The van der Waals surface area contributed by atoms with Crippen molar-refractivity contribution in [1.82, 2.24) is 12.3 Å². The molecule has 0 saturated carbocycles. The second-order valence-electron chi connectivity index (χ2n) is 6.66. The first-order chi connectivity index (χ1) is 12.3. The van der Waals surface area contributed by atoms with Gasteiger partial charge in [-0.15, -0.1) is 0 Å². The third kappa shape index (κ3) is 18.1. The first-order valence-electron chi connectivity index (χ1n) is 9.63. The van der Waals surface area contributed by atoms with Gasteiger partial charge in [0.25, 0.3) is 10.1 Å². The van der Waals surface area contributed by atoms with Gasteiger partial charge in [-0.05, 0) is 6.42 Å². The van der Waals surface area contributed by atoms with E-state index in [2.05, 4.69) is 6.92 Å². The minimum absolute atomic E-state index is 0. The zero-order chi connectivity index (χ0) is 19.8. The molecule has 9 nitrogen and oxygen atoms in total. The predicted octanol–water partition coefficient (Wildman–Crippen LogP) is 4.29. The molecule has 0 aromatic rings. The Morgan fingerprint density at radius 1 is 0.821 bits per heavy atom. The van der Waals surface area contributed by atoms with Crippen LogP contribution in [0.2, 0.25) is 0 Å². The van der Waals surface area contributed by atoms with Crippen molar-refractivity contribution in [2.24, 2.45) is 0 Å². The van der Waals surface area contributed by atoms with Crippen LogP contribution in [0.1, 0.15) is 90.4 Å². The van der Waals surface area contributed by atoms with Gasteiger partial charge in [-0.2, -0.15) is 8.42 Å². The summed E-state index contributed by atoms with van der Waals surface area (Å²) in [5.41, 5.74) is 0. The quantitative estimate of drug-likeness (QED) is 0.149. The topological polar surface area (TPSA) is 188 Å². The molecule has 0 rings (SSSR count).